The summed E-state index contributed by atoms with van der Waals surface area (Å²) in [7, 11) is -3.20. The SMILES string of the molecule is Cc1c(CC(=O)C2CCC2S(C)(=O)=O)cc(Cl)cc1CN1CCN(C(=O)C2CCCC2)[C@@H](C)C1. The second-order valence-corrected chi connectivity index (χ2v) is 13.3. The molecule has 4 rings (SSSR count). The summed E-state index contributed by atoms with van der Waals surface area (Å²) in [6.07, 6.45) is 7.05. The summed E-state index contributed by atoms with van der Waals surface area (Å²) >= 11 is 6.44. The average Bonchev–Trinajstić information content (AvgIpc) is 3.24. The predicted molar refractivity (Wildman–Crippen MR) is 135 cm³/mol. The third-order valence-corrected chi connectivity index (χ3v) is 10.1. The highest BCUT2D eigenvalue weighted by atomic mass is 35.5. The molecular weight excluding hydrogens is 472 g/mol. The van der Waals surface area contributed by atoms with Gasteiger partial charge in [0, 0.05) is 61.8 Å². The number of amides is 1. The fraction of sp³-hybridized carbons (Fsp3) is 0.692. The number of rotatable bonds is 7. The van der Waals surface area contributed by atoms with Crippen LogP contribution in [0.3, 0.4) is 0 Å². The monoisotopic (exact) mass is 508 g/mol. The van der Waals surface area contributed by atoms with Gasteiger partial charge in [-0.2, -0.15) is 0 Å². The quantitative estimate of drug-likeness (QED) is 0.560. The molecule has 3 aliphatic rings. The molecule has 6 nitrogen and oxygen atoms in total. The molecule has 0 spiro atoms. The van der Waals surface area contributed by atoms with Crippen molar-refractivity contribution in [2.75, 3.05) is 25.9 Å². The van der Waals surface area contributed by atoms with Gasteiger partial charge >= 0.3 is 0 Å². The van der Waals surface area contributed by atoms with Gasteiger partial charge in [0.05, 0.1) is 5.25 Å². The van der Waals surface area contributed by atoms with Crippen LogP contribution in [0.15, 0.2) is 12.1 Å². The maximum absolute atomic E-state index is 12.9. The zero-order chi connectivity index (χ0) is 24.6. The molecule has 34 heavy (non-hydrogen) atoms. The molecule has 0 N–H and O–H groups in total. The van der Waals surface area contributed by atoms with Gasteiger partial charge in [0.2, 0.25) is 5.91 Å². The first-order valence-corrected chi connectivity index (χ1v) is 14.9. The van der Waals surface area contributed by atoms with Crippen LogP contribution in [-0.2, 0) is 32.4 Å². The first kappa shape index (κ1) is 25.6. The Morgan fingerprint density at radius 3 is 2.32 bits per heavy atom. The lowest BCUT2D eigenvalue weighted by Gasteiger charge is -2.41. The second-order valence-electron chi connectivity index (χ2n) is 10.6. The van der Waals surface area contributed by atoms with E-state index < -0.39 is 21.0 Å². The van der Waals surface area contributed by atoms with Crippen LogP contribution < -0.4 is 0 Å². The number of hydrogen-bond donors (Lipinski definition) is 0. The van der Waals surface area contributed by atoms with Crippen molar-refractivity contribution < 1.29 is 18.0 Å². The zero-order valence-corrected chi connectivity index (χ0v) is 22.1. The highest BCUT2D eigenvalue weighted by Gasteiger charge is 2.42. The number of halogens is 1. The van der Waals surface area contributed by atoms with E-state index in [9.17, 15) is 18.0 Å². The van der Waals surface area contributed by atoms with E-state index in [1.807, 2.05) is 19.1 Å². The molecule has 1 heterocycles. The molecule has 2 saturated carbocycles. The maximum atomic E-state index is 12.9. The Kier molecular flexibility index (Phi) is 7.75. The number of sulfone groups is 1. The highest BCUT2D eigenvalue weighted by Crippen LogP contribution is 2.35. The molecule has 1 aliphatic heterocycles. The molecule has 0 radical (unpaired) electrons. The minimum Gasteiger partial charge on any atom is -0.337 e. The minimum atomic E-state index is -3.20. The Labute approximate surface area is 208 Å². The van der Waals surface area contributed by atoms with Crippen molar-refractivity contribution in [1.29, 1.82) is 0 Å². The number of ketones is 1. The van der Waals surface area contributed by atoms with Gasteiger partial charge in [-0.25, -0.2) is 8.42 Å². The Morgan fingerprint density at radius 2 is 1.74 bits per heavy atom. The molecule has 8 heteroatoms. The molecule has 3 atom stereocenters. The van der Waals surface area contributed by atoms with E-state index in [1.165, 1.54) is 19.1 Å². The van der Waals surface area contributed by atoms with Crippen LogP contribution in [0, 0.1) is 18.8 Å². The van der Waals surface area contributed by atoms with Crippen molar-refractivity contribution >= 4 is 33.1 Å². The van der Waals surface area contributed by atoms with Gasteiger partial charge in [-0.3, -0.25) is 14.5 Å². The zero-order valence-electron chi connectivity index (χ0n) is 20.6. The third kappa shape index (κ3) is 5.52. The maximum Gasteiger partial charge on any atom is 0.226 e. The first-order valence-electron chi connectivity index (χ1n) is 12.6. The standard InChI is InChI=1S/C26H37ClN2O4S/c1-17-15-28(10-11-29(17)26(31)19-6-4-5-7-19)16-21-13-22(27)12-20(18(21)2)14-24(30)23-8-9-25(23)34(3,32)33/h12-13,17,19,23,25H,4-11,14-16H2,1-3H3/t17-,23?,25?/m0/s1. The number of benzene rings is 1. The summed E-state index contributed by atoms with van der Waals surface area (Å²) in [4.78, 5) is 30.3. The Hall–Kier alpha value is -1.44. The number of piperazine rings is 1. The van der Waals surface area contributed by atoms with Crippen LogP contribution in [0.1, 0.15) is 62.1 Å². The second kappa shape index (κ2) is 10.3. The number of carbonyl (C=O) groups excluding carboxylic acids is 2. The lowest BCUT2D eigenvalue weighted by Crippen LogP contribution is -2.54. The van der Waals surface area contributed by atoms with E-state index in [2.05, 4.69) is 16.7 Å². The summed E-state index contributed by atoms with van der Waals surface area (Å²) in [5, 5.41) is 0.0588. The molecule has 1 aromatic rings. The number of Topliss-reactive ketones (excluding diaryl/α,β-unsaturated/α-hetero) is 1. The van der Waals surface area contributed by atoms with Crippen molar-refractivity contribution in [2.24, 2.45) is 11.8 Å². The van der Waals surface area contributed by atoms with Crippen LogP contribution in [-0.4, -0.2) is 67.1 Å². The topological polar surface area (TPSA) is 74.8 Å². The largest absolute Gasteiger partial charge is 0.337 e. The van der Waals surface area contributed by atoms with E-state index in [-0.39, 0.29) is 24.2 Å². The molecule has 1 aromatic carbocycles. The molecule has 188 valence electrons. The van der Waals surface area contributed by atoms with Crippen LogP contribution >= 0.6 is 11.6 Å². The predicted octanol–water partition coefficient (Wildman–Crippen LogP) is 3.81. The van der Waals surface area contributed by atoms with Crippen molar-refractivity contribution in [3.05, 3.63) is 33.8 Å². The van der Waals surface area contributed by atoms with Crippen LogP contribution in [0.5, 0.6) is 0 Å². The summed E-state index contributed by atoms with van der Waals surface area (Å²) < 4.78 is 23.9. The summed E-state index contributed by atoms with van der Waals surface area (Å²) in [5.41, 5.74) is 3.02. The highest BCUT2D eigenvalue weighted by molar-refractivity contribution is 7.91. The minimum absolute atomic E-state index is 0.00865. The van der Waals surface area contributed by atoms with Crippen molar-refractivity contribution in [3.63, 3.8) is 0 Å². The summed E-state index contributed by atoms with van der Waals surface area (Å²) in [6, 6.07) is 3.98. The van der Waals surface area contributed by atoms with Gasteiger partial charge in [0.25, 0.3) is 0 Å². The van der Waals surface area contributed by atoms with Gasteiger partial charge < -0.3 is 4.90 Å². The number of nitrogens with zero attached hydrogens (tertiary/aromatic N) is 2. The fourth-order valence-corrected chi connectivity index (χ4v) is 7.68. The van der Waals surface area contributed by atoms with E-state index in [0.29, 0.717) is 23.8 Å². The molecule has 3 fully saturated rings. The Morgan fingerprint density at radius 1 is 1.06 bits per heavy atom. The number of hydrogen-bond acceptors (Lipinski definition) is 5. The molecule has 0 aromatic heterocycles. The van der Waals surface area contributed by atoms with Gasteiger partial charge in [0.15, 0.2) is 9.84 Å². The normalized spacial score (nSPS) is 26.5. The van der Waals surface area contributed by atoms with E-state index >= 15 is 0 Å². The molecule has 0 bridgehead atoms. The molecular formula is C26H37ClN2O4S. The molecule has 2 aliphatic carbocycles. The third-order valence-electron chi connectivity index (χ3n) is 8.22. The summed E-state index contributed by atoms with van der Waals surface area (Å²) in [5.74, 6) is 0.129. The van der Waals surface area contributed by atoms with E-state index in [4.69, 9.17) is 11.6 Å². The van der Waals surface area contributed by atoms with Crippen molar-refractivity contribution in [3.8, 4) is 0 Å². The number of carbonyl (C=O) groups is 2. The van der Waals surface area contributed by atoms with Crippen LogP contribution in [0.25, 0.3) is 0 Å². The van der Waals surface area contributed by atoms with Gasteiger partial charge in [-0.1, -0.05) is 24.4 Å². The van der Waals surface area contributed by atoms with E-state index in [0.717, 1.165) is 55.7 Å². The van der Waals surface area contributed by atoms with Crippen molar-refractivity contribution in [1.82, 2.24) is 9.80 Å². The van der Waals surface area contributed by atoms with Crippen LogP contribution in [0.4, 0.5) is 0 Å². The lowest BCUT2D eigenvalue weighted by molar-refractivity contribution is -0.140. The molecule has 1 saturated heterocycles. The Bertz CT molecular complexity index is 1050. The van der Waals surface area contributed by atoms with Gasteiger partial charge in [-0.05, 0) is 68.4 Å². The van der Waals surface area contributed by atoms with Gasteiger partial charge in [0.1, 0.15) is 5.78 Å². The van der Waals surface area contributed by atoms with Crippen molar-refractivity contribution in [2.45, 2.75) is 76.6 Å². The first-order chi connectivity index (χ1) is 16.0. The van der Waals surface area contributed by atoms with Gasteiger partial charge in [-0.15, -0.1) is 0 Å². The fourth-order valence-electron chi connectivity index (χ4n) is 5.97. The smallest absolute Gasteiger partial charge is 0.226 e. The summed E-state index contributed by atoms with van der Waals surface area (Å²) in [6.45, 7) is 7.25. The Balaban J connectivity index is 1.40. The van der Waals surface area contributed by atoms with E-state index in [1.54, 1.807) is 0 Å². The average molecular weight is 509 g/mol. The van der Waals surface area contributed by atoms with Crippen LogP contribution in [0.2, 0.25) is 5.02 Å². The molecule has 2 unspecified atom stereocenters. The molecule has 1 amide bonds. The lowest BCUT2D eigenvalue weighted by atomic mass is 9.79.